The smallest absolute Gasteiger partial charge is 0.255 e. The predicted octanol–water partition coefficient (Wildman–Crippen LogP) is 4.37. The molecule has 0 bridgehead atoms. The zero-order chi connectivity index (χ0) is 16.4. The normalized spacial score (nSPS) is 14.9. The summed E-state index contributed by atoms with van der Waals surface area (Å²) in [5, 5.41) is 0.517. The molecule has 23 heavy (non-hydrogen) atoms. The van der Waals surface area contributed by atoms with Crippen LogP contribution in [0.15, 0.2) is 46.9 Å². The highest BCUT2D eigenvalue weighted by Gasteiger charge is 2.23. The lowest BCUT2D eigenvalue weighted by atomic mass is 10.1. The molecule has 0 atom stereocenters. The molecule has 120 valence electrons. The van der Waals surface area contributed by atoms with Crippen molar-refractivity contribution in [1.82, 2.24) is 4.90 Å². The Labute approximate surface area is 150 Å². The van der Waals surface area contributed by atoms with E-state index in [1.54, 1.807) is 12.1 Å². The summed E-state index contributed by atoms with van der Waals surface area (Å²) in [7, 11) is 0. The molecule has 0 spiro atoms. The maximum Gasteiger partial charge on any atom is 0.255 e. The molecule has 0 aliphatic carbocycles. The summed E-state index contributed by atoms with van der Waals surface area (Å²) in [6.07, 6.45) is 0. The molecule has 0 N–H and O–H groups in total. The maximum atomic E-state index is 12.6. The van der Waals surface area contributed by atoms with Gasteiger partial charge in [0.25, 0.3) is 5.91 Å². The molecule has 3 nitrogen and oxygen atoms in total. The highest BCUT2D eigenvalue weighted by atomic mass is 79.9. The highest BCUT2D eigenvalue weighted by Crippen LogP contribution is 2.24. The largest absolute Gasteiger partial charge is 0.368 e. The van der Waals surface area contributed by atoms with Crippen molar-refractivity contribution < 1.29 is 4.79 Å². The van der Waals surface area contributed by atoms with Crippen molar-refractivity contribution in [2.45, 2.75) is 6.92 Å². The van der Waals surface area contributed by atoms with E-state index in [1.165, 1.54) is 11.3 Å². The number of amides is 1. The lowest BCUT2D eigenvalue weighted by Crippen LogP contribution is -2.48. The van der Waals surface area contributed by atoms with E-state index in [0.29, 0.717) is 23.7 Å². The number of rotatable bonds is 2. The molecule has 1 heterocycles. The van der Waals surface area contributed by atoms with Crippen LogP contribution in [0.25, 0.3) is 0 Å². The van der Waals surface area contributed by atoms with Crippen LogP contribution in [-0.2, 0) is 0 Å². The van der Waals surface area contributed by atoms with Gasteiger partial charge in [-0.3, -0.25) is 4.79 Å². The van der Waals surface area contributed by atoms with E-state index in [1.807, 2.05) is 17.0 Å². The molecule has 2 aromatic rings. The Balaban J connectivity index is 1.67. The molecule has 1 aliphatic heterocycles. The number of hydrogen-bond donors (Lipinski definition) is 0. The van der Waals surface area contributed by atoms with Crippen LogP contribution in [0, 0.1) is 6.92 Å². The summed E-state index contributed by atoms with van der Waals surface area (Å²) in [6.45, 7) is 5.16. The summed E-state index contributed by atoms with van der Waals surface area (Å²) in [6, 6.07) is 13.6. The molecule has 3 rings (SSSR count). The number of benzene rings is 2. The van der Waals surface area contributed by atoms with Crippen LogP contribution >= 0.6 is 27.5 Å². The SMILES string of the molecule is Cc1cc(N2CCN(C(=O)c3ccccc3Cl)CC2)ccc1Br. The van der Waals surface area contributed by atoms with Crippen LogP contribution in [0.2, 0.25) is 5.02 Å². The molecule has 1 amide bonds. The summed E-state index contributed by atoms with van der Waals surface area (Å²) in [5.74, 6) is 0.0160. The average molecular weight is 394 g/mol. The maximum absolute atomic E-state index is 12.6. The second-order valence-electron chi connectivity index (χ2n) is 5.69. The van der Waals surface area contributed by atoms with Gasteiger partial charge in [0.1, 0.15) is 0 Å². The first-order chi connectivity index (χ1) is 11.1. The fraction of sp³-hybridized carbons (Fsp3) is 0.278. The van der Waals surface area contributed by atoms with Crippen molar-refractivity contribution in [3.63, 3.8) is 0 Å². The van der Waals surface area contributed by atoms with Gasteiger partial charge in [-0.2, -0.15) is 0 Å². The first kappa shape index (κ1) is 16.3. The molecule has 0 aromatic heterocycles. The van der Waals surface area contributed by atoms with Gasteiger partial charge >= 0.3 is 0 Å². The third kappa shape index (κ3) is 3.54. The number of carbonyl (C=O) groups is 1. The predicted molar refractivity (Wildman–Crippen MR) is 98.4 cm³/mol. The standard InChI is InChI=1S/C18H18BrClN2O/c1-13-12-14(6-7-16(13)19)21-8-10-22(11-9-21)18(23)15-4-2-3-5-17(15)20/h2-7,12H,8-11H2,1H3. The lowest BCUT2D eigenvalue weighted by Gasteiger charge is -2.36. The topological polar surface area (TPSA) is 23.6 Å². The van der Waals surface area contributed by atoms with Crippen LogP contribution in [0.3, 0.4) is 0 Å². The Morgan fingerprint density at radius 2 is 1.78 bits per heavy atom. The van der Waals surface area contributed by atoms with E-state index in [9.17, 15) is 4.79 Å². The van der Waals surface area contributed by atoms with Gasteiger partial charge in [-0.05, 0) is 42.8 Å². The first-order valence-electron chi connectivity index (χ1n) is 7.61. The number of anilines is 1. The molecule has 0 radical (unpaired) electrons. The van der Waals surface area contributed by atoms with E-state index in [2.05, 4.69) is 46.0 Å². The molecule has 5 heteroatoms. The van der Waals surface area contributed by atoms with Gasteiger partial charge in [0.15, 0.2) is 0 Å². The van der Waals surface area contributed by atoms with E-state index < -0.39 is 0 Å². The van der Waals surface area contributed by atoms with Crippen molar-refractivity contribution in [2.24, 2.45) is 0 Å². The van der Waals surface area contributed by atoms with Gasteiger partial charge in [-0.25, -0.2) is 0 Å². The van der Waals surface area contributed by atoms with Crippen molar-refractivity contribution in [1.29, 1.82) is 0 Å². The van der Waals surface area contributed by atoms with Crippen LogP contribution < -0.4 is 4.90 Å². The lowest BCUT2D eigenvalue weighted by molar-refractivity contribution is 0.0747. The molecule has 2 aromatic carbocycles. The van der Waals surface area contributed by atoms with Crippen molar-refractivity contribution in [2.75, 3.05) is 31.1 Å². The zero-order valence-electron chi connectivity index (χ0n) is 12.9. The Bertz CT molecular complexity index is 727. The summed E-state index contributed by atoms with van der Waals surface area (Å²) in [4.78, 5) is 16.8. The number of halogens is 2. The van der Waals surface area contributed by atoms with E-state index in [-0.39, 0.29) is 5.91 Å². The summed E-state index contributed by atoms with van der Waals surface area (Å²) in [5.41, 5.74) is 3.01. The third-order valence-corrected chi connectivity index (χ3v) is 5.40. The minimum absolute atomic E-state index is 0.0160. The quantitative estimate of drug-likeness (QED) is 0.756. The van der Waals surface area contributed by atoms with Crippen LogP contribution in [0.1, 0.15) is 15.9 Å². The highest BCUT2D eigenvalue weighted by molar-refractivity contribution is 9.10. The second-order valence-corrected chi connectivity index (χ2v) is 6.95. The van der Waals surface area contributed by atoms with Gasteiger partial charge < -0.3 is 9.80 Å². The van der Waals surface area contributed by atoms with E-state index in [0.717, 1.165) is 17.6 Å². The molecule has 1 aliphatic rings. The van der Waals surface area contributed by atoms with Crippen LogP contribution in [0.4, 0.5) is 5.69 Å². The van der Waals surface area contributed by atoms with Gasteiger partial charge in [-0.1, -0.05) is 39.7 Å². The first-order valence-corrected chi connectivity index (χ1v) is 8.78. The summed E-state index contributed by atoms with van der Waals surface area (Å²) >= 11 is 9.66. The molecule has 1 saturated heterocycles. The molecular weight excluding hydrogens is 376 g/mol. The number of aryl methyl sites for hydroxylation is 1. The van der Waals surface area contributed by atoms with Crippen LogP contribution in [-0.4, -0.2) is 37.0 Å². The van der Waals surface area contributed by atoms with Gasteiger partial charge in [0, 0.05) is 36.3 Å². The van der Waals surface area contributed by atoms with E-state index in [4.69, 9.17) is 11.6 Å². The zero-order valence-corrected chi connectivity index (χ0v) is 15.3. The monoisotopic (exact) mass is 392 g/mol. The van der Waals surface area contributed by atoms with Crippen molar-refractivity contribution in [3.05, 3.63) is 63.1 Å². The molecule has 1 fully saturated rings. The van der Waals surface area contributed by atoms with Gasteiger partial charge in [-0.15, -0.1) is 0 Å². The van der Waals surface area contributed by atoms with Crippen LogP contribution in [0.5, 0.6) is 0 Å². The third-order valence-electron chi connectivity index (χ3n) is 4.18. The number of carbonyl (C=O) groups excluding carboxylic acids is 1. The van der Waals surface area contributed by atoms with E-state index >= 15 is 0 Å². The van der Waals surface area contributed by atoms with Crippen molar-refractivity contribution >= 4 is 39.1 Å². The Morgan fingerprint density at radius 1 is 1.09 bits per heavy atom. The average Bonchev–Trinajstić information content (AvgIpc) is 2.57. The fourth-order valence-electron chi connectivity index (χ4n) is 2.80. The molecule has 0 saturated carbocycles. The Kier molecular flexibility index (Phi) is 4.93. The summed E-state index contributed by atoms with van der Waals surface area (Å²) < 4.78 is 1.12. The Hall–Kier alpha value is -1.52. The van der Waals surface area contributed by atoms with Crippen molar-refractivity contribution in [3.8, 4) is 0 Å². The fourth-order valence-corrected chi connectivity index (χ4v) is 3.26. The Morgan fingerprint density at radius 3 is 2.43 bits per heavy atom. The number of piperazine rings is 1. The number of nitrogens with zero attached hydrogens (tertiary/aromatic N) is 2. The molecular formula is C18H18BrClN2O. The van der Waals surface area contributed by atoms with Gasteiger partial charge in [0.05, 0.1) is 10.6 Å². The second kappa shape index (κ2) is 6.93. The minimum atomic E-state index is 0.0160. The minimum Gasteiger partial charge on any atom is -0.368 e. The number of hydrogen-bond acceptors (Lipinski definition) is 2. The molecule has 0 unspecified atom stereocenters. The van der Waals surface area contributed by atoms with Gasteiger partial charge in [0.2, 0.25) is 0 Å².